The number of carbonyl (C=O) groups excluding carboxylic acids is 1. The first kappa shape index (κ1) is 11.5. The van der Waals surface area contributed by atoms with Crippen molar-refractivity contribution in [3.05, 3.63) is 46.3 Å². The number of methoxy groups -OCH3 is 1. The fourth-order valence-corrected chi connectivity index (χ4v) is 3.57. The van der Waals surface area contributed by atoms with Crippen molar-refractivity contribution in [3.8, 4) is 0 Å². The number of carbonyl (C=O) groups is 1. The monoisotopic (exact) mass is 276 g/mol. The number of hydrogen-bond donors (Lipinski definition) is 0. The van der Waals surface area contributed by atoms with E-state index in [2.05, 4.69) is 0 Å². The molecule has 18 heavy (non-hydrogen) atoms. The summed E-state index contributed by atoms with van der Waals surface area (Å²) >= 11 is 7.62. The average Bonchev–Trinajstić information content (AvgIpc) is 2.76. The van der Waals surface area contributed by atoms with Crippen LogP contribution in [0.25, 0.3) is 20.9 Å². The first-order valence-corrected chi connectivity index (χ1v) is 6.60. The van der Waals surface area contributed by atoms with Gasteiger partial charge in [0.15, 0.2) is 0 Å². The molecule has 0 amide bonds. The molecule has 0 bridgehead atoms. The first-order chi connectivity index (χ1) is 8.72. The molecule has 1 aromatic heterocycles. The van der Waals surface area contributed by atoms with E-state index in [-0.39, 0.29) is 5.97 Å². The average molecular weight is 277 g/mol. The Morgan fingerprint density at radius 2 is 1.94 bits per heavy atom. The summed E-state index contributed by atoms with van der Waals surface area (Å²) in [4.78, 5) is 12.1. The molecule has 2 nitrogen and oxygen atoms in total. The standard InChI is InChI=1S/C14H9ClO2S/c1-17-14(16)13-11(15)10-7-6-8-4-2-3-5-9(8)12(10)18-13/h2-7H,1H3. The van der Waals surface area contributed by atoms with Crippen molar-refractivity contribution in [1.29, 1.82) is 0 Å². The fourth-order valence-electron chi connectivity index (χ4n) is 2.02. The summed E-state index contributed by atoms with van der Waals surface area (Å²) in [6.45, 7) is 0. The van der Waals surface area contributed by atoms with Crippen LogP contribution in [0.2, 0.25) is 5.02 Å². The van der Waals surface area contributed by atoms with Crippen molar-refractivity contribution in [2.75, 3.05) is 7.11 Å². The molecular formula is C14H9ClO2S. The highest BCUT2D eigenvalue weighted by Gasteiger charge is 2.18. The molecule has 4 heteroatoms. The van der Waals surface area contributed by atoms with Crippen LogP contribution in [0, 0.1) is 0 Å². The summed E-state index contributed by atoms with van der Waals surface area (Å²) < 4.78 is 5.77. The lowest BCUT2D eigenvalue weighted by molar-refractivity contribution is 0.0606. The fraction of sp³-hybridized carbons (Fsp3) is 0.0714. The zero-order valence-electron chi connectivity index (χ0n) is 9.57. The van der Waals surface area contributed by atoms with E-state index in [1.165, 1.54) is 18.4 Å². The van der Waals surface area contributed by atoms with Crippen LogP contribution in [0.5, 0.6) is 0 Å². The third-order valence-corrected chi connectivity index (χ3v) is 4.61. The van der Waals surface area contributed by atoms with Crippen LogP contribution in [-0.2, 0) is 4.74 Å². The van der Waals surface area contributed by atoms with Gasteiger partial charge in [0.1, 0.15) is 4.88 Å². The SMILES string of the molecule is COC(=O)c1sc2c(ccc3ccccc32)c1Cl. The van der Waals surface area contributed by atoms with Crippen molar-refractivity contribution >= 4 is 49.8 Å². The second-order valence-electron chi connectivity index (χ2n) is 3.90. The maximum absolute atomic E-state index is 11.6. The Hall–Kier alpha value is -1.58. The van der Waals surface area contributed by atoms with Gasteiger partial charge in [-0.25, -0.2) is 4.79 Å². The zero-order chi connectivity index (χ0) is 12.7. The first-order valence-electron chi connectivity index (χ1n) is 5.40. The van der Waals surface area contributed by atoms with Crippen molar-refractivity contribution < 1.29 is 9.53 Å². The van der Waals surface area contributed by atoms with Crippen molar-refractivity contribution in [3.63, 3.8) is 0 Å². The van der Waals surface area contributed by atoms with E-state index in [0.717, 1.165) is 20.9 Å². The van der Waals surface area contributed by atoms with Gasteiger partial charge in [0.25, 0.3) is 0 Å². The Bertz CT molecular complexity index is 761. The molecule has 0 radical (unpaired) electrons. The molecule has 3 rings (SSSR count). The van der Waals surface area contributed by atoms with E-state index >= 15 is 0 Å². The number of esters is 1. The van der Waals surface area contributed by atoms with Gasteiger partial charge in [0.05, 0.1) is 12.1 Å². The molecule has 0 aliphatic carbocycles. The van der Waals surface area contributed by atoms with Crippen molar-refractivity contribution in [2.24, 2.45) is 0 Å². The van der Waals surface area contributed by atoms with Crippen molar-refractivity contribution in [1.82, 2.24) is 0 Å². The molecule has 0 saturated carbocycles. The van der Waals surface area contributed by atoms with Crippen LogP contribution >= 0.6 is 22.9 Å². The van der Waals surface area contributed by atoms with Crippen LogP contribution in [0.15, 0.2) is 36.4 Å². The van der Waals surface area contributed by atoms with Crippen molar-refractivity contribution in [2.45, 2.75) is 0 Å². The molecule has 0 aliphatic rings. The smallest absolute Gasteiger partial charge is 0.349 e. The summed E-state index contributed by atoms with van der Waals surface area (Å²) in [5, 5.41) is 3.63. The van der Waals surface area contributed by atoms with Gasteiger partial charge >= 0.3 is 5.97 Å². The largest absolute Gasteiger partial charge is 0.465 e. The predicted octanol–water partition coefficient (Wildman–Crippen LogP) is 4.49. The second-order valence-corrected chi connectivity index (χ2v) is 5.30. The molecule has 1 heterocycles. The van der Waals surface area contributed by atoms with Gasteiger partial charge in [-0.2, -0.15) is 0 Å². The van der Waals surface area contributed by atoms with E-state index in [1.54, 1.807) is 0 Å². The molecule has 0 saturated heterocycles. The summed E-state index contributed by atoms with van der Waals surface area (Å²) in [6, 6.07) is 12.0. The minimum Gasteiger partial charge on any atom is -0.465 e. The predicted molar refractivity (Wildman–Crippen MR) is 75.7 cm³/mol. The number of ether oxygens (including phenoxy) is 1. The second kappa shape index (κ2) is 4.26. The minimum atomic E-state index is -0.384. The molecule has 3 aromatic rings. The minimum absolute atomic E-state index is 0.384. The van der Waals surface area contributed by atoms with Gasteiger partial charge in [0.2, 0.25) is 0 Å². The van der Waals surface area contributed by atoms with Crippen LogP contribution < -0.4 is 0 Å². The molecule has 0 aliphatic heterocycles. The Morgan fingerprint density at radius 3 is 2.72 bits per heavy atom. The number of halogens is 1. The highest BCUT2D eigenvalue weighted by molar-refractivity contribution is 7.22. The highest BCUT2D eigenvalue weighted by Crippen LogP contribution is 2.39. The lowest BCUT2D eigenvalue weighted by Crippen LogP contribution is -1.97. The van der Waals surface area contributed by atoms with Crippen LogP contribution in [0.3, 0.4) is 0 Å². The van der Waals surface area contributed by atoms with E-state index < -0.39 is 0 Å². The Labute approximate surface area is 113 Å². The molecule has 0 unspecified atom stereocenters. The van der Waals surface area contributed by atoms with Crippen LogP contribution in [-0.4, -0.2) is 13.1 Å². The topological polar surface area (TPSA) is 26.3 Å². The Morgan fingerprint density at radius 1 is 1.17 bits per heavy atom. The number of thiophene rings is 1. The summed E-state index contributed by atoms with van der Waals surface area (Å²) in [6.07, 6.45) is 0. The Kier molecular flexibility index (Phi) is 2.73. The summed E-state index contributed by atoms with van der Waals surface area (Å²) in [5.41, 5.74) is 0. The van der Waals surface area contributed by atoms with Gasteiger partial charge in [-0.1, -0.05) is 48.0 Å². The number of benzene rings is 2. The quantitative estimate of drug-likeness (QED) is 0.612. The molecule has 0 N–H and O–H groups in total. The summed E-state index contributed by atoms with van der Waals surface area (Å²) in [7, 11) is 1.36. The van der Waals surface area contributed by atoms with E-state index in [9.17, 15) is 4.79 Å². The number of hydrogen-bond acceptors (Lipinski definition) is 3. The highest BCUT2D eigenvalue weighted by atomic mass is 35.5. The molecule has 2 aromatic carbocycles. The lowest BCUT2D eigenvalue weighted by Gasteiger charge is -1.98. The van der Waals surface area contributed by atoms with Gasteiger partial charge in [-0.15, -0.1) is 11.3 Å². The third kappa shape index (κ3) is 1.59. The van der Waals surface area contributed by atoms with Gasteiger partial charge in [-0.3, -0.25) is 0 Å². The van der Waals surface area contributed by atoms with Gasteiger partial charge in [0, 0.05) is 10.1 Å². The Balaban J connectivity index is 2.42. The molecule has 0 fully saturated rings. The van der Waals surface area contributed by atoms with E-state index in [4.69, 9.17) is 16.3 Å². The van der Waals surface area contributed by atoms with E-state index in [1.807, 2.05) is 36.4 Å². The van der Waals surface area contributed by atoms with Gasteiger partial charge in [-0.05, 0) is 10.8 Å². The zero-order valence-corrected chi connectivity index (χ0v) is 11.1. The number of rotatable bonds is 1. The lowest BCUT2D eigenvalue weighted by atomic mass is 10.1. The molecule has 0 atom stereocenters. The van der Waals surface area contributed by atoms with E-state index in [0.29, 0.717) is 9.90 Å². The summed E-state index contributed by atoms with van der Waals surface area (Å²) in [5.74, 6) is -0.384. The normalized spacial score (nSPS) is 11.0. The third-order valence-electron chi connectivity index (χ3n) is 2.89. The maximum Gasteiger partial charge on any atom is 0.349 e. The molecule has 90 valence electrons. The molecular weight excluding hydrogens is 268 g/mol. The van der Waals surface area contributed by atoms with Gasteiger partial charge < -0.3 is 4.74 Å². The maximum atomic E-state index is 11.6. The number of fused-ring (bicyclic) bond motifs is 3. The van der Waals surface area contributed by atoms with Crippen LogP contribution in [0.4, 0.5) is 0 Å². The van der Waals surface area contributed by atoms with Crippen LogP contribution in [0.1, 0.15) is 9.67 Å². The molecule has 0 spiro atoms.